The van der Waals surface area contributed by atoms with E-state index in [9.17, 15) is 4.79 Å². The number of nitrogens with zero attached hydrogens (tertiary/aromatic N) is 1. The number of piperidine rings is 1. The highest BCUT2D eigenvalue weighted by Crippen LogP contribution is 2.22. The van der Waals surface area contributed by atoms with E-state index in [0.29, 0.717) is 0 Å². The lowest BCUT2D eigenvalue weighted by Crippen LogP contribution is -2.45. The third-order valence-corrected chi connectivity index (χ3v) is 3.49. The summed E-state index contributed by atoms with van der Waals surface area (Å²) in [6, 6.07) is 0. The fourth-order valence-electron chi connectivity index (χ4n) is 2.50. The standard InChI is InChI=1S/C13H22N2O/c1-13(2)8-6-7-11(12(16)14-13)15-9-4-3-5-10-15/h7H,3-6,8-10H2,1-2H3,(H,14,16). The Balaban J connectivity index is 2.08. The summed E-state index contributed by atoms with van der Waals surface area (Å²) >= 11 is 0. The molecular weight excluding hydrogens is 200 g/mol. The molecule has 2 heterocycles. The Hall–Kier alpha value is -0.990. The van der Waals surface area contributed by atoms with Gasteiger partial charge >= 0.3 is 0 Å². The Kier molecular flexibility index (Phi) is 3.22. The van der Waals surface area contributed by atoms with E-state index in [1.54, 1.807) is 0 Å². The summed E-state index contributed by atoms with van der Waals surface area (Å²) in [5.74, 6) is 0.115. The molecule has 0 unspecified atom stereocenters. The van der Waals surface area contributed by atoms with Crippen molar-refractivity contribution in [2.75, 3.05) is 13.1 Å². The van der Waals surface area contributed by atoms with Gasteiger partial charge in [0.25, 0.3) is 5.91 Å². The summed E-state index contributed by atoms with van der Waals surface area (Å²) in [5, 5.41) is 3.12. The SMILES string of the molecule is CC1(C)CCC=C(N2CCCCC2)C(=O)N1. The van der Waals surface area contributed by atoms with Crippen LogP contribution in [0.5, 0.6) is 0 Å². The number of carbonyl (C=O) groups is 1. The van der Waals surface area contributed by atoms with Gasteiger partial charge in [-0.05, 0) is 46.0 Å². The first-order valence-corrected chi connectivity index (χ1v) is 6.36. The monoisotopic (exact) mass is 222 g/mol. The van der Waals surface area contributed by atoms with Crippen molar-refractivity contribution in [1.82, 2.24) is 10.2 Å². The maximum atomic E-state index is 12.1. The average Bonchev–Trinajstić information content (AvgIpc) is 2.37. The minimum absolute atomic E-state index is 0.0644. The van der Waals surface area contributed by atoms with Crippen molar-refractivity contribution in [2.45, 2.75) is 51.5 Å². The van der Waals surface area contributed by atoms with Crippen LogP contribution in [0.15, 0.2) is 11.8 Å². The van der Waals surface area contributed by atoms with Gasteiger partial charge in [0.2, 0.25) is 0 Å². The van der Waals surface area contributed by atoms with Crippen LogP contribution in [0.3, 0.4) is 0 Å². The second-order valence-corrected chi connectivity index (χ2v) is 5.51. The highest BCUT2D eigenvalue weighted by atomic mass is 16.2. The maximum absolute atomic E-state index is 12.1. The van der Waals surface area contributed by atoms with Crippen molar-refractivity contribution in [3.05, 3.63) is 11.8 Å². The van der Waals surface area contributed by atoms with E-state index in [2.05, 4.69) is 30.1 Å². The van der Waals surface area contributed by atoms with Gasteiger partial charge in [-0.2, -0.15) is 0 Å². The molecule has 0 saturated carbocycles. The summed E-state index contributed by atoms with van der Waals surface area (Å²) in [4.78, 5) is 14.4. The molecule has 90 valence electrons. The van der Waals surface area contributed by atoms with Gasteiger partial charge < -0.3 is 10.2 Å². The minimum Gasteiger partial charge on any atom is -0.367 e. The molecule has 0 aromatic rings. The lowest BCUT2D eigenvalue weighted by Gasteiger charge is -2.31. The first-order chi connectivity index (χ1) is 7.58. The van der Waals surface area contributed by atoms with Gasteiger partial charge in [0.1, 0.15) is 0 Å². The van der Waals surface area contributed by atoms with Crippen LogP contribution in [0.25, 0.3) is 0 Å². The summed E-state index contributed by atoms with van der Waals surface area (Å²) < 4.78 is 0. The molecule has 16 heavy (non-hydrogen) atoms. The van der Waals surface area contributed by atoms with E-state index in [1.165, 1.54) is 19.3 Å². The summed E-state index contributed by atoms with van der Waals surface area (Å²) in [5.41, 5.74) is 0.843. The molecule has 1 saturated heterocycles. The quantitative estimate of drug-likeness (QED) is 0.736. The molecule has 0 aromatic carbocycles. The van der Waals surface area contributed by atoms with Crippen molar-refractivity contribution < 1.29 is 4.79 Å². The molecule has 2 rings (SSSR count). The van der Waals surface area contributed by atoms with E-state index in [0.717, 1.165) is 31.6 Å². The van der Waals surface area contributed by atoms with Crippen molar-refractivity contribution in [3.63, 3.8) is 0 Å². The molecule has 3 nitrogen and oxygen atoms in total. The zero-order chi connectivity index (χ0) is 11.6. The van der Waals surface area contributed by atoms with E-state index in [-0.39, 0.29) is 11.4 Å². The van der Waals surface area contributed by atoms with Gasteiger partial charge in [-0.15, -0.1) is 0 Å². The fourth-order valence-corrected chi connectivity index (χ4v) is 2.50. The van der Waals surface area contributed by atoms with Gasteiger partial charge in [-0.3, -0.25) is 4.79 Å². The third-order valence-electron chi connectivity index (χ3n) is 3.49. The number of likely N-dealkylation sites (tertiary alicyclic amines) is 1. The normalized spacial score (nSPS) is 25.8. The molecule has 1 fully saturated rings. The highest BCUT2D eigenvalue weighted by molar-refractivity contribution is 5.93. The van der Waals surface area contributed by atoms with Crippen molar-refractivity contribution in [3.8, 4) is 0 Å². The zero-order valence-corrected chi connectivity index (χ0v) is 10.4. The Morgan fingerprint density at radius 1 is 1.25 bits per heavy atom. The number of hydrogen-bond donors (Lipinski definition) is 1. The molecule has 0 aromatic heterocycles. The molecular formula is C13H22N2O. The van der Waals surface area contributed by atoms with Crippen molar-refractivity contribution >= 4 is 5.91 Å². The van der Waals surface area contributed by atoms with Crippen LogP contribution in [0, 0.1) is 0 Å². The Morgan fingerprint density at radius 2 is 1.94 bits per heavy atom. The van der Waals surface area contributed by atoms with Gasteiger partial charge in [-0.25, -0.2) is 0 Å². The van der Waals surface area contributed by atoms with Crippen LogP contribution in [0.2, 0.25) is 0 Å². The van der Waals surface area contributed by atoms with Crippen LogP contribution < -0.4 is 5.32 Å². The van der Waals surface area contributed by atoms with Gasteiger partial charge in [0.05, 0.1) is 5.70 Å². The Morgan fingerprint density at radius 3 is 2.62 bits per heavy atom. The molecule has 0 atom stereocenters. The Labute approximate surface area is 97.9 Å². The fraction of sp³-hybridized carbons (Fsp3) is 0.769. The number of nitrogens with one attached hydrogen (secondary N) is 1. The lowest BCUT2D eigenvalue weighted by molar-refractivity contribution is -0.120. The predicted octanol–water partition coefficient (Wildman–Crippen LogP) is 2.04. The van der Waals surface area contributed by atoms with Crippen LogP contribution >= 0.6 is 0 Å². The van der Waals surface area contributed by atoms with Crippen LogP contribution in [0.1, 0.15) is 46.0 Å². The number of allylic oxidation sites excluding steroid dienone is 1. The van der Waals surface area contributed by atoms with Gasteiger partial charge in [0.15, 0.2) is 0 Å². The lowest BCUT2D eigenvalue weighted by atomic mass is 10.00. The average molecular weight is 222 g/mol. The second kappa shape index (κ2) is 4.48. The molecule has 2 aliphatic heterocycles. The molecule has 0 spiro atoms. The zero-order valence-electron chi connectivity index (χ0n) is 10.4. The van der Waals surface area contributed by atoms with E-state index < -0.39 is 0 Å². The minimum atomic E-state index is -0.0644. The molecule has 0 radical (unpaired) electrons. The highest BCUT2D eigenvalue weighted by Gasteiger charge is 2.27. The first-order valence-electron chi connectivity index (χ1n) is 6.36. The first kappa shape index (κ1) is 11.5. The molecule has 2 aliphatic rings. The second-order valence-electron chi connectivity index (χ2n) is 5.51. The molecule has 1 N–H and O–H groups in total. The summed E-state index contributed by atoms with van der Waals surface area (Å²) in [6.07, 6.45) is 7.88. The largest absolute Gasteiger partial charge is 0.367 e. The van der Waals surface area contributed by atoms with Crippen LogP contribution in [-0.2, 0) is 4.79 Å². The number of amides is 1. The van der Waals surface area contributed by atoms with Crippen molar-refractivity contribution in [2.24, 2.45) is 0 Å². The summed E-state index contributed by atoms with van der Waals surface area (Å²) in [7, 11) is 0. The smallest absolute Gasteiger partial charge is 0.267 e. The van der Waals surface area contributed by atoms with Crippen LogP contribution in [0.4, 0.5) is 0 Å². The molecule has 3 heteroatoms. The molecule has 0 aliphatic carbocycles. The molecule has 0 bridgehead atoms. The predicted molar refractivity (Wildman–Crippen MR) is 65.0 cm³/mol. The topological polar surface area (TPSA) is 32.3 Å². The van der Waals surface area contributed by atoms with Crippen molar-refractivity contribution in [1.29, 1.82) is 0 Å². The van der Waals surface area contributed by atoms with E-state index in [4.69, 9.17) is 0 Å². The van der Waals surface area contributed by atoms with Gasteiger partial charge in [-0.1, -0.05) is 6.08 Å². The van der Waals surface area contributed by atoms with E-state index in [1.807, 2.05) is 0 Å². The number of hydrogen-bond acceptors (Lipinski definition) is 2. The van der Waals surface area contributed by atoms with E-state index >= 15 is 0 Å². The maximum Gasteiger partial charge on any atom is 0.267 e. The number of rotatable bonds is 1. The number of carbonyl (C=O) groups excluding carboxylic acids is 1. The third kappa shape index (κ3) is 2.57. The summed E-state index contributed by atoms with van der Waals surface area (Å²) in [6.45, 7) is 6.27. The van der Waals surface area contributed by atoms with Gasteiger partial charge in [0, 0.05) is 18.6 Å². The Bertz CT molecular complexity index is 301. The molecule has 1 amide bonds. The van der Waals surface area contributed by atoms with Crippen LogP contribution in [-0.4, -0.2) is 29.4 Å².